The maximum absolute atomic E-state index is 11.7. The number of amides is 1. The van der Waals surface area contributed by atoms with E-state index in [1.807, 2.05) is 25.9 Å². The van der Waals surface area contributed by atoms with Gasteiger partial charge in [0, 0.05) is 18.7 Å². The molecule has 7 heteroatoms. The van der Waals surface area contributed by atoms with Crippen molar-refractivity contribution in [3.05, 3.63) is 40.0 Å². The fraction of sp³-hybridized carbons (Fsp3) is 0.471. The Hall–Kier alpha value is -2.41. The van der Waals surface area contributed by atoms with E-state index in [-0.39, 0.29) is 17.3 Å². The van der Waals surface area contributed by atoms with Crippen molar-refractivity contribution in [3.8, 4) is 5.75 Å². The van der Waals surface area contributed by atoms with E-state index in [4.69, 9.17) is 4.74 Å². The zero-order chi connectivity index (χ0) is 17.9. The number of benzene rings is 1. The molecule has 0 bridgehead atoms. The molecule has 7 nitrogen and oxygen atoms in total. The minimum absolute atomic E-state index is 0.100. The summed E-state index contributed by atoms with van der Waals surface area (Å²) in [4.78, 5) is 24.4. The highest BCUT2D eigenvalue weighted by Crippen LogP contribution is 2.28. The molecule has 0 spiro atoms. The molecule has 1 aromatic carbocycles. The van der Waals surface area contributed by atoms with Gasteiger partial charge in [-0.25, -0.2) is 0 Å². The highest BCUT2D eigenvalue weighted by Gasteiger charge is 2.15. The van der Waals surface area contributed by atoms with Crippen LogP contribution in [0.3, 0.4) is 0 Å². The summed E-state index contributed by atoms with van der Waals surface area (Å²) in [6.07, 6.45) is 4.56. The molecule has 0 saturated carbocycles. The van der Waals surface area contributed by atoms with Crippen molar-refractivity contribution in [1.82, 2.24) is 10.2 Å². The van der Waals surface area contributed by atoms with Gasteiger partial charge < -0.3 is 15.0 Å². The van der Waals surface area contributed by atoms with Crippen LogP contribution in [0.1, 0.15) is 25.3 Å². The standard InChI is InChI=1S/C17H25N3O4/c1-4-12-24-16-8-6-14(13-15(16)20(22)23)7-9-17(21)18-10-5-11-19(2)3/h6-9,13H,4-5,10-12H2,1-3H3,(H,18,21)/b9-7+. The number of nitrogens with one attached hydrogen (secondary N) is 1. The Labute approximate surface area is 142 Å². The SMILES string of the molecule is CCCOc1ccc(/C=C/C(=O)NCCCN(C)C)cc1[N+](=O)[O-]. The van der Waals surface area contributed by atoms with E-state index >= 15 is 0 Å². The summed E-state index contributed by atoms with van der Waals surface area (Å²) in [5, 5.41) is 13.9. The number of hydrogen-bond donors (Lipinski definition) is 1. The zero-order valence-electron chi connectivity index (χ0n) is 14.4. The van der Waals surface area contributed by atoms with Crippen LogP contribution < -0.4 is 10.1 Å². The topological polar surface area (TPSA) is 84.7 Å². The second-order valence-electron chi connectivity index (χ2n) is 5.61. The molecule has 1 rings (SSSR count). The van der Waals surface area contributed by atoms with Gasteiger partial charge in [0.2, 0.25) is 5.91 Å². The average Bonchev–Trinajstić information content (AvgIpc) is 2.55. The third-order valence-electron chi connectivity index (χ3n) is 3.15. The van der Waals surface area contributed by atoms with Crippen LogP contribution in [0.15, 0.2) is 24.3 Å². The first kappa shape index (κ1) is 19.6. The van der Waals surface area contributed by atoms with Crippen molar-refractivity contribution < 1.29 is 14.5 Å². The van der Waals surface area contributed by atoms with E-state index in [1.165, 1.54) is 12.1 Å². The maximum atomic E-state index is 11.7. The maximum Gasteiger partial charge on any atom is 0.311 e. The number of carbonyl (C=O) groups is 1. The zero-order valence-corrected chi connectivity index (χ0v) is 14.4. The molecule has 24 heavy (non-hydrogen) atoms. The number of nitro benzene ring substituents is 1. The Morgan fingerprint density at radius 3 is 2.79 bits per heavy atom. The summed E-state index contributed by atoms with van der Waals surface area (Å²) in [5.74, 6) is 0.0230. The minimum atomic E-state index is -0.482. The lowest BCUT2D eigenvalue weighted by atomic mass is 10.1. The first-order valence-electron chi connectivity index (χ1n) is 7.96. The molecule has 1 N–H and O–H groups in total. The van der Waals surface area contributed by atoms with Crippen LogP contribution in [0.4, 0.5) is 5.69 Å². The molecule has 0 heterocycles. The van der Waals surface area contributed by atoms with E-state index in [0.717, 1.165) is 19.4 Å². The fourth-order valence-corrected chi connectivity index (χ4v) is 1.95. The lowest BCUT2D eigenvalue weighted by Gasteiger charge is -2.08. The van der Waals surface area contributed by atoms with Crippen LogP contribution in [0.2, 0.25) is 0 Å². The summed E-state index contributed by atoms with van der Waals surface area (Å²) in [6.45, 7) is 3.84. The fourth-order valence-electron chi connectivity index (χ4n) is 1.95. The number of hydrogen-bond acceptors (Lipinski definition) is 5. The van der Waals surface area contributed by atoms with Crippen LogP contribution >= 0.6 is 0 Å². The summed E-state index contributed by atoms with van der Waals surface area (Å²) in [5.41, 5.74) is 0.478. The molecule has 0 aromatic heterocycles. The lowest BCUT2D eigenvalue weighted by Crippen LogP contribution is -2.25. The van der Waals surface area contributed by atoms with E-state index in [9.17, 15) is 14.9 Å². The second kappa shape index (κ2) is 10.4. The van der Waals surface area contributed by atoms with E-state index in [0.29, 0.717) is 18.7 Å². The van der Waals surface area contributed by atoms with Crippen molar-refractivity contribution in [2.45, 2.75) is 19.8 Å². The Bertz CT molecular complexity index is 585. The Morgan fingerprint density at radius 2 is 2.17 bits per heavy atom. The van der Waals surface area contributed by atoms with Crippen molar-refractivity contribution in [3.63, 3.8) is 0 Å². The van der Waals surface area contributed by atoms with Gasteiger partial charge in [-0.05, 0) is 51.2 Å². The summed E-state index contributed by atoms with van der Waals surface area (Å²) in [7, 11) is 3.95. The molecule has 0 atom stereocenters. The molecule has 1 aromatic rings. The molecule has 0 unspecified atom stereocenters. The van der Waals surface area contributed by atoms with Gasteiger partial charge in [0.15, 0.2) is 5.75 Å². The van der Waals surface area contributed by atoms with Gasteiger partial charge >= 0.3 is 5.69 Å². The molecule has 0 aliphatic carbocycles. The predicted molar refractivity (Wildman–Crippen MR) is 94.1 cm³/mol. The van der Waals surface area contributed by atoms with E-state index in [2.05, 4.69) is 5.32 Å². The van der Waals surface area contributed by atoms with Gasteiger partial charge in [-0.3, -0.25) is 14.9 Å². The number of rotatable bonds is 10. The molecule has 0 saturated heterocycles. The Morgan fingerprint density at radius 1 is 1.42 bits per heavy atom. The number of nitrogens with zero attached hydrogens (tertiary/aromatic N) is 2. The third kappa shape index (κ3) is 7.23. The van der Waals surface area contributed by atoms with Gasteiger partial charge in [-0.15, -0.1) is 0 Å². The number of ether oxygens (including phenoxy) is 1. The van der Waals surface area contributed by atoms with Crippen molar-refractivity contribution in [2.75, 3.05) is 33.8 Å². The Kier molecular flexibility index (Phi) is 8.49. The molecule has 0 radical (unpaired) electrons. The minimum Gasteiger partial charge on any atom is -0.487 e. The number of carbonyl (C=O) groups excluding carboxylic acids is 1. The first-order chi connectivity index (χ1) is 11.4. The molecular weight excluding hydrogens is 310 g/mol. The van der Waals surface area contributed by atoms with Crippen LogP contribution in [-0.2, 0) is 4.79 Å². The van der Waals surface area contributed by atoms with Crippen molar-refractivity contribution >= 4 is 17.7 Å². The van der Waals surface area contributed by atoms with Crippen LogP contribution in [0.5, 0.6) is 5.75 Å². The third-order valence-corrected chi connectivity index (χ3v) is 3.15. The highest BCUT2D eigenvalue weighted by atomic mass is 16.6. The van der Waals surface area contributed by atoms with Gasteiger partial charge in [-0.1, -0.05) is 13.0 Å². The molecule has 1 amide bonds. The quantitative estimate of drug-likeness (QED) is 0.307. The van der Waals surface area contributed by atoms with Gasteiger partial charge in [0.25, 0.3) is 0 Å². The molecular formula is C17H25N3O4. The normalized spacial score (nSPS) is 11.0. The van der Waals surface area contributed by atoms with Crippen LogP contribution in [-0.4, -0.2) is 49.5 Å². The van der Waals surface area contributed by atoms with Crippen LogP contribution in [0, 0.1) is 10.1 Å². The van der Waals surface area contributed by atoms with Gasteiger partial charge in [0.1, 0.15) is 0 Å². The lowest BCUT2D eigenvalue weighted by molar-refractivity contribution is -0.385. The van der Waals surface area contributed by atoms with Gasteiger partial charge in [-0.2, -0.15) is 0 Å². The van der Waals surface area contributed by atoms with Crippen molar-refractivity contribution in [1.29, 1.82) is 0 Å². The molecule has 0 fully saturated rings. The number of nitro groups is 1. The van der Waals surface area contributed by atoms with E-state index < -0.39 is 4.92 Å². The predicted octanol–water partition coefficient (Wildman–Crippen LogP) is 2.46. The van der Waals surface area contributed by atoms with Gasteiger partial charge in [0.05, 0.1) is 11.5 Å². The smallest absolute Gasteiger partial charge is 0.311 e. The Balaban J connectivity index is 2.64. The molecule has 0 aliphatic rings. The average molecular weight is 335 g/mol. The monoisotopic (exact) mass is 335 g/mol. The summed E-state index contributed by atoms with van der Waals surface area (Å²) in [6, 6.07) is 4.65. The van der Waals surface area contributed by atoms with E-state index in [1.54, 1.807) is 18.2 Å². The molecule has 0 aliphatic heterocycles. The summed E-state index contributed by atoms with van der Waals surface area (Å²) < 4.78 is 5.36. The first-order valence-corrected chi connectivity index (χ1v) is 7.96. The second-order valence-corrected chi connectivity index (χ2v) is 5.61. The highest BCUT2D eigenvalue weighted by molar-refractivity contribution is 5.91. The summed E-state index contributed by atoms with van der Waals surface area (Å²) >= 11 is 0. The molecule has 132 valence electrons. The van der Waals surface area contributed by atoms with Crippen LogP contribution in [0.25, 0.3) is 6.08 Å². The largest absolute Gasteiger partial charge is 0.487 e. The van der Waals surface area contributed by atoms with Crippen molar-refractivity contribution in [2.24, 2.45) is 0 Å².